The summed E-state index contributed by atoms with van der Waals surface area (Å²) < 4.78 is 1.45. The fourth-order valence-corrected chi connectivity index (χ4v) is 2.40. The van der Waals surface area contributed by atoms with E-state index in [9.17, 15) is 4.79 Å². The SMILES string of the molecule is Cc1cccc(-n2nnc(C(=O)NCc3ccc(Cl)cc3)c2N)c1. The second kappa shape index (κ2) is 6.72. The van der Waals surface area contributed by atoms with E-state index in [1.54, 1.807) is 12.1 Å². The molecule has 2 aromatic carbocycles. The smallest absolute Gasteiger partial charge is 0.275 e. The lowest BCUT2D eigenvalue weighted by atomic mass is 10.2. The minimum atomic E-state index is -0.374. The molecule has 7 heteroatoms. The largest absolute Gasteiger partial charge is 0.382 e. The van der Waals surface area contributed by atoms with Crippen LogP contribution in [0.1, 0.15) is 21.6 Å². The number of halogens is 1. The van der Waals surface area contributed by atoms with Gasteiger partial charge in [-0.05, 0) is 42.3 Å². The molecule has 24 heavy (non-hydrogen) atoms. The molecule has 3 rings (SSSR count). The lowest BCUT2D eigenvalue weighted by Crippen LogP contribution is -2.24. The highest BCUT2D eigenvalue weighted by Gasteiger charge is 2.18. The van der Waals surface area contributed by atoms with E-state index >= 15 is 0 Å². The molecule has 1 aromatic heterocycles. The summed E-state index contributed by atoms with van der Waals surface area (Å²) in [6, 6.07) is 14.9. The van der Waals surface area contributed by atoms with Gasteiger partial charge in [0.2, 0.25) is 0 Å². The van der Waals surface area contributed by atoms with Crippen molar-refractivity contribution in [3.8, 4) is 5.69 Å². The number of nitrogens with zero attached hydrogens (tertiary/aromatic N) is 3. The van der Waals surface area contributed by atoms with Gasteiger partial charge in [-0.15, -0.1) is 5.10 Å². The Balaban J connectivity index is 1.75. The number of nitrogens with one attached hydrogen (secondary N) is 1. The van der Waals surface area contributed by atoms with Gasteiger partial charge in [0.1, 0.15) is 0 Å². The van der Waals surface area contributed by atoms with E-state index in [0.29, 0.717) is 11.6 Å². The van der Waals surface area contributed by atoms with Crippen LogP contribution < -0.4 is 11.1 Å². The van der Waals surface area contributed by atoms with Gasteiger partial charge >= 0.3 is 0 Å². The predicted octanol–water partition coefficient (Wildman–Crippen LogP) is 2.74. The molecule has 0 aliphatic carbocycles. The Bertz CT molecular complexity index is 873. The molecular formula is C17H16ClN5O. The zero-order valence-corrected chi connectivity index (χ0v) is 13.8. The van der Waals surface area contributed by atoms with Crippen LogP contribution in [0.3, 0.4) is 0 Å². The van der Waals surface area contributed by atoms with Gasteiger partial charge in [0.05, 0.1) is 5.69 Å². The summed E-state index contributed by atoms with van der Waals surface area (Å²) in [5.74, 6) is -0.171. The van der Waals surface area contributed by atoms with Gasteiger partial charge in [-0.25, -0.2) is 0 Å². The number of aromatic nitrogens is 3. The Morgan fingerprint density at radius 2 is 2.00 bits per heavy atom. The molecule has 1 heterocycles. The molecule has 0 spiro atoms. The fourth-order valence-electron chi connectivity index (χ4n) is 2.27. The maximum absolute atomic E-state index is 12.3. The van der Waals surface area contributed by atoms with Crippen LogP contribution in [-0.4, -0.2) is 20.9 Å². The molecule has 0 atom stereocenters. The monoisotopic (exact) mass is 341 g/mol. The molecule has 0 unspecified atom stereocenters. The first-order chi connectivity index (χ1) is 11.5. The first-order valence-electron chi connectivity index (χ1n) is 7.35. The van der Waals surface area contributed by atoms with Crippen LogP contribution in [-0.2, 0) is 6.54 Å². The van der Waals surface area contributed by atoms with Crippen molar-refractivity contribution in [3.63, 3.8) is 0 Å². The predicted molar refractivity (Wildman–Crippen MR) is 93.1 cm³/mol. The van der Waals surface area contributed by atoms with Gasteiger partial charge in [-0.2, -0.15) is 4.68 Å². The Morgan fingerprint density at radius 3 is 2.71 bits per heavy atom. The maximum Gasteiger partial charge on any atom is 0.275 e. The minimum absolute atomic E-state index is 0.102. The summed E-state index contributed by atoms with van der Waals surface area (Å²) in [6.45, 7) is 2.32. The molecule has 0 aliphatic rings. The molecule has 0 aliphatic heterocycles. The number of hydrogen-bond acceptors (Lipinski definition) is 4. The maximum atomic E-state index is 12.3. The molecule has 3 N–H and O–H groups in total. The summed E-state index contributed by atoms with van der Waals surface area (Å²) in [7, 11) is 0. The highest BCUT2D eigenvalue weighted by atomic mass is 35.5. The van der Waals surface area contributed by atoms with E-state index < -0.39 is 0 Å². The normalized spacial score (nSPS) is 10.6. The van der Waals surface area contributed by atoms with E-state index in [2.05, 4.69) is 15.6 Å². The fraction of sp³-hybridized carbons (Fsp3) is 0.118. The number of carbonyl (C=O) groups excluding carboxylic acids is 1. The highest BCUT2D eigenvalue weighted by molar-refractivity contribution is 6.30. The second-order valence-electron chi connectivity index (χ2n) is 5.38. The van der Waals surface area contributed by atoms with Gasteiger partial charge in [0, 0.05) is 11.6 Å². The zero-order chi connectivity index (χ0) is 17.1. The standard InChI is InChI=1S/C17H16ClN5O/c1-11-3-2-4-14(9-11)23-16(19)15(21-22-23)17(24)20-10-12-5-7-13(18)8-6-12/h2-9H,10,19H2,1H3,(H,20,24). The van der Waals surface area contributed by atoms with Gasteiger partial charge in [0.25, 0.3) is 5.91 Å². The molecular weight excluding hydrogens is 326 g/mol. The molecule has 1 amide bonds. The third-order valence-corrected chi connectivity index (χ3v) is 3.78. The summed E-state index contributed by atoms with van der Waals surface area (Å²) >= 11 is 5.84. The average Bonchev–Trinajstić information content (AvgIpc) is 2.96. The lowest BCUT2D eigenvalue weighted by Gasteiger charge is -2.06. The number of nitrogens with two attached hydrogens (primary N) is 1. The summed E-state index contributed by atoms with van der Waals surface area (Å²) in [6.07, 6.45) is 0. The van der Waals surface area contributed by atoms with Crippen LogP contribution in [0, 0.1) is 6.92 Å². The second-order valence-corrected chi connectivity index (χ2v) is 5.82. The number of hydrogen-bond donors (Lipinski definition) is 2. The molecule has 0 saturated carbocycles. The molecule has 0 fully saturated rings. The quantitative estimate of drug-likeness (QED) is 0.764. The van der Waals surface area contributed by atoms with Gasteiger partial charge in [0.15, 0.2) is 11.5 Å². The third kappa shape index (κ3) is 3.38. The average molecular weight is 342 g/mol. The Morgan fingerprint density at radius 1 is 1.25 bits per heavy atom. The Kier molecular flexibility index (Phi) is 4.48. The molecule has 6 nitrogen and oxygen atoms in total. The van der Waals surface area contributed by atoms with Crippen LogP contribution >= 0.6 is 11.6 Å². The number of amides is 1. The van der Waals surface area contributed by atoms with Crippen molar-refractivity contribution in [2.75, 3.05) is 5.73 Å². The molecule has 122 valence electrons. The van der Waals surface area contributed by atoms with E-state index in [-0.39, 0.29) is 17.4 Å². The summed E-state index contributed by atoms with van der Waals surface area (Å²) in [5, 5.41) is 11.3. The van der Waals surface area contributed by atoms with Crippen molar-refractivity contribution in [2.45, 2.75) is 13.5 Å². The number of benzene rings is 2. The third-order valence-electron chi connectivity index (χ3n) is 3.53. The summed E-state index contributed by atoms with van der Waals surface area (Å²) in [4.78, 5) is 12.3. The molecule has 0 bridgehead atoms. The number of rotatable bonds is 4. The van der Waals surface area contributed by atoms with Gasteiger partial charge in [-0.3, -0.25) is 4.79 Å². The minimum Gasteiger partial charge on any atom is -0.382 e. The topological polar surface area (TPSA) is 85.8 Å². The van der Waals surface area contributed by atoms with Crippen molar-refractivity contribution >= 4 is 23.3 Å². The first kappa shape index (κ1) is 16.0. The van der Waals surface area contributed by atoms with Gasteiger partial charge in [-0.1, -0.05) is 41.1 Å². The van der Waals surface area contributed by atoms with Crippen LogP contribution in [0.25, 0.3) is 5.69 Å². The van der Waals surface area contributed by atoms with Crippen molar-refractivity contribution in [1.29, 1.82) is 0 Å². The van der Waals surface area contributed by atoms with E-state index in [1.807, 2.05) is 43.3 Å². The highest BCUT2D eigenvalue weighted by Crippen LogP contribution is 2.16. The number of anilines is 1. The van der Waals surface area contributed by atoms with E-state index in [4.69, 9.17) is 17.3 Å². The van der Waals surface area contributed by atoms with Crippen LogP contribution in [0.4, 0.5) is 5.82 Å². The number of nitrogen functional groups attached to an aromatic ring is 1. The van der Waals surface area contributed by atoms with Crippen molar-refractivity contribution in [1.82, 2.24) is 20.3 Å². The van der Waals surface area contributed by atoms with Crippen molar-refractivity contribution < 1.29 is 4.79 Å². The lowest BCUT2D eigenvalue weighted by molar-refractivity contribution is 0.0947. The number of carbonyl (C=O) groups is 1. The van der Waals surface area contributed by atoms with Crippen molar-refractivity contribution in [3.05, 3.63) is 70.4 Å². The molecule has 3 aromatic rings. The first-order valence-corrected chi connectivity index (χ1v) is 7.73. The van der Waals surface area contributed by atoms with Crippen molar-refractivity contribution in [2.24, 2.45) is 0 Å². The number of aryl methyl sites for hydroxylation is 1. The molecule has 0 saturated heterocycles. The Labute approximate surface area is 144 Å². The summed E-state index contributed by atoms with van der Waals surface area (Å²) in [5.41, 5.74) is 8.89. The van der Waals surface area contributed by atoms with E-state index in [1.165, 1.54) is 4.68 Å². The Hall–Kier alpha value is -2.86. The van der Waals surface area contributed by atoms with E-state index in [0.717, 1.165) is 16.8 Å². The zero-order valence-electron chi connectivity index (χ0n) is 13.0. The van der Waals surface area contributed by atoms with Crippen LogP contribution in [0.5, 0.6) is 0 Å². The van der Waals surface area contributed by atoms with Crippen LogP contribution in [0.15, 0.2) is 48.5 Å². The van der Waals surface area contributed by atoms with Crippen LogP contribution in [0.2, 0.25) is 5.02 Å². The molecule has 0 radical (unpaired) electrons. The van der Waals surface area contributed by atoms with Gasteiger partial charge < -0.3 is 11.1 Å².